The second-order valence-electron chi connectivity index (χ2n) is 5.46. The number of carbonyl (C=O) groups excluding carboxylic acids is 1. The Morgan fingerprint density at radius 3 is 2.52 bits per heavy atom. The van der Waals surface area contributed by atoms with Gasteiger partial charge in [0.2, 0.25) is 0 Å². The summed E-state index contributed by atoms with van der Waals surface area (Å²) in [5.74, 6) is -0.0595. The predicted molar refractivity (Wildman–Crippen MR) is 93.1 cm³/mol. The van der Waals surface area contributed by atoms with Gasteiger partial charge >= 0.3 is 0 Å². The minimum absolute atomic E-state index is 0. The van der Waals surface area contributed by atoms with Crippen LogP contribution in [0.4, 0.5) is 0 Å². The van der Waals surface area contributed by atoms with E-state index in [4.69, 9.17) is 11.6 Å². The fraction of sp³-hybridized carbons (Fsp3) is 0.667. The highest BCUT2D eigenvalue weighted by Gasteiger charge is 2.14. The third kappa shape index (κ3) is 5.78. The van der Waals surface area contributed by atoms with Crippen LogP contribution in [0.5, 0.6) is 0 Å². The number of rotatable bonds is 5. The molecule has 1 amide bonds. The number of nitrogens with one attached hydrogen (secondary N) is 2. The topological polar surface area (TPSA) is 41.1 Å². The van der Waals surface area contributed by atoms with Crippen LogP contribution in [0.15, 0.2) is 5.38 Å². The third-order valence-electron chi connectivity index (χ3n) is 3.80. The maximum absolute atomic E-state index is 12.0. The number of aryl methyl sites for hydroxylation is 1. The van der Waals surface area contributed by atoms with Gasteiger partial charge in [-0.1, -0.05) is 37.3 Å². The Bertz CT molecular complexity index is 443. The van der Waals surface area contributed by atoms with Gasteiger partial charge < -0.3 is 10.6 Å². The van der Waals surface area contributed by atoms with Gasteiger partial charge in [0.15, 0.2) is 0 Å². The lowest BCUT2D eigenvalue weighted by Crippen LogP contribution is -2.36. The Hall–Kier alpha value is -0.290. The summed E-state index contributed by atoms with van der Waals surface area (Å²) >= 11 is 7.50. The van der Waals surface area contributed by atoms with Crippen molar-refractivity contribution in [3.8, 4) is 0 Å². The highest BCUT2D eigenvalue weighted by atomic mass is 35.5. The van der Waals surface area contributed by atoms with Crippen molar-refractivity contribution in [1.29, 1.82) is 0 Å². The Balaban J connectivity index is 0.00000220. The van der Waals surface area contributed by atoms with Crippen LogP contribution < -0.4 is 10.6 Å². The first-order valence-corrected chi connectivity index (χ1v) is 8.69. The van der Waals surface area contributed by atoms with Gasteiger partial charge in [0.05, 0.1) is 5.02 Å². The highest BCUT2D eigenvalue weighted by molar-refractivity contribution is 7.13. The van der Waals surface area contributed by atoms with Gasteiger partial charge in [-0.15, -0.1) is 23.7 Å². The van der Waals surface area contributed by atoms with E-state index in [0.717, 1.165) is 12.1 Å². The third-order valence-corrected chi connectivity index (χ3v) is 5.50. The van der Waals surface area contributed by atoms with E-state index in [1.807, 2.05) is 12.3 Å². The van der Waals surface area contributed by atoms with Crippen molar-refractivity contribution in [2.75, 3.05) is 13.1 Å². The first-order chi connectivity index (χ1) is 9.68. The summed E-state index contributed by atoms with van der Waals surface area (Å²) in [5.41, 5.74) is 0.971. The molecule has 1 saturated carbocycles. The quantitative estimate of drug-likeness (QED) is 0.617. The van der Waals surface area contributed by atoms with E-state index in [1.165, 1.54) is 49.9 Å². The number of hydrogen-bond donors (Lipinski definition) is 2. The lowest BCUT2D eigenvalue weighted by molar-refractivity contribution is 0.0957. The van der Waals surface area contributed by atoms with Crippen LogP contribution in [0.3, 0.4) is 0 Å². The predicted octanol–water partition coefficient (Wildman–Crippen LogP) is 4.17. The molecule has 1 fully saturated rings. The molecule has 1 heterocycles. The van der Waals surface area contributed by atoms with Crippen LogP contribution in [0.25, 0.3) is 0 Å². The molecule has 0 aliphatic heterocycles. The fourth-order valence-electron chi connectivity index (χ4n) is 2.60. The summed E-state index contributed by atoms with van der Waals surface area (Å²) < 4.78 is 0. The van der Waals surface area contributed by atoms with E-state index in [9.17, 15) is 4.79 Å². The van der Waals surface area contributed by atoms with Crippen molar-refractivity contribution in [3.63, 3.8) is 0 Å². The summed E-state index contributed by atoms with van der Waals surface area (Å²) in [6.45, 7) is 3.41. The fourth-order valence-corrected chi connectivity index (χ4v) is 3.79. The summed E-state index contributed by atoms with van der Waals surface area (Å²) in [7, 11) is 0. The number of thiophene rings is 1. The second kappa shape index (κ2) is 9.67. The van der Waals surface area contributed by atoms with Gasteiger partial charge in [-0.2, -0.15) is 0 Å². The normalized spacial score (nSPS) is 16.1. The lowest BCUT2D eigenvalue weighted by Gasteiger charge is -2.16. The van der Waals surface area contributed by atoms with Crippen molar-refractivity contribution < 1.29 is 4.79 Å². The monoisotopic (exact) mass is 350 g/mol. The molecule has 0 spiro atoms. The van der Waals surface area contributed by atoms with Crippen molar-refractivity contribution in [1.82, 2.24) is 10.6 Å². The summed E-state index contributed by atoms with van der Waals surface area (Å²) in [6, 6.07) is 0.627. The molecule has 21 heavy (non-hydrogen) atoms. The van der Waals surface area contributed by atoms with Gasteiger partial charge in [0, 0.05) is 19.1 Å². The Morgan fingerprint density at radius 2 is 1.95 bits per heavy atom. The zero-order valence-corrected chi connectivity index (χ0v) is 14.8. The van der Waals surface area contributed by atoms with Gasteiger partial charge in [-0.3, -0.25) is 4.79 Å². The molecule has 1 aliphatic carbocycles. The van der Waals surface area contributed by atoms with Crippen molar-refractivity contribution in [3.05, 3.63) is 20.8 Å². The van der Waals surface area contributed by atoms with E-state index >= 15 is 0 Å². The van der Waals surface area contributed by atoms with Gasteiger partial charge in [0.25, 0.3) is 5.91 Å². The highest BCUT2D eigenvalue weighted by Crippen LogP contribution is 2.26. The van der Waals surface area contributed by atoms with Crippen LogP contribution in [0.1, 0.15) is 53.8 Å². The maximum Gasteiger partial charge on any atom is 0.262 e. The molecule has 1 aromatic heterocycles. The second-order valence-corrected chi connectivity index (χ2v) is 6.72. The van der Waals surface area contributed by atoms with E-state index in [0.29, 0.717) is 22.5 Å². The van der Waals surface area contributed by atoms with Crippen LogP contribution >= 0.6 is 35.3 Å². The molecule has 3 nitrogen and oxygen atoms in total. The molecule has 6 heteroatoms. The van der Waals surface area contributed by atoms with Gasteiger partial charge in [0.1, 0.15) is 4.88 Å². The number of hydrogen-bond acceptors (Lipinski definition) is 3. The maximum atomic E-state index is 12.0. The average molecular weight is 351 g/mol. The first-order valence-electron chi connectivity index (χ1n) is 7.43. The van der Waals surface area contributed by atoms with Crippen molar-refractivity contribution >= 4 is 41.3 Å². The van der Waals surface area contributed by atoms with Gasteiger partial charge in [-0.05, 0) is 30.7 Å². The largest absolute Gasteiger partial charge is 0.350 e. The van der Waals surface area contributed by atoms with E-state index < -0.39 is 0 Å². The summed E-state index contributed by atoms with van der Waals surface area (Å²) in [5, 5.41) is 8.98. The SMILES string of the molecule is Cc1csc(C(=O)NCCNC2CCCCCC2)c1Cl.Cl. The minimum Gasteiger partial charge on any atom is -0.350 e. The molecular formula is C15H24Cl2N2OS. The van der Waals surface area contributed by atoms with E-state index in [-0.39, 0.29) is 18.3 Å². The van der Waals surface area contributed by atoms with E-state index in [2.05, 4.69) is 10.6 Å². The molecule has 0 aromatic carbocycles. The number of halogens is 2. The zero-order valence-electron chi connectivity index (χ0n) is 12.4. The van der Waals surface area contributed by atoms with Crippen molar-refractivity contribution in [2.24, 2.45) is 0 Å². The standard InChI is InChI=1S/C15H23ClN2OS.ClH/c1-11-10-20-14(13(11)16)15(19)18-9-8-17-12-6-4-2-3-5-7-12;/h10,12,17H,2-9H2,1H3,(H,18,19);1H. The molecule has 2 rings (SSSR count). The molecule has 1 aliphatic rings. The van der Waals surface area contributed by atoms with Gasteiger partial charge in [-0.25, -0.2) is 0 Å². The Labute approximate surface area is 142 Å². The molecule has 0 bridgehead atoms. The smallest absolute Gasteiger partial charge is 0.262 e. The average Bonchev–Trinajstić information content (AvgIpc) is 2.67. The molecule has 0 radical (unpaired) electrons. The molecule has 120 valence electrons. The van der Waals surface area contributed by atoms with E-state index in [1.54, 1.807) is 0 Å². The van der Waals surface area contributed by atoms with Crippen LogP contribution in [0, 0.1) is 6.92 Å². The number of amides is 1. The first kappa shape index (κ1) is 18.8. The molecule has 0 atom stereocenters. The zero-order chi connectivity index (χ0) is 14.4. The van der Waals surface area contributed by atoms with Crippen molar-refractivity contribution in [2.45, 2.75) is 51.5 Å². The van der Waals surface area contributed by atoms with Crippen LogP contribution in [-0.2, 0) is 0 Å². The lowest BCUT2D eigenvalue weighted by atomic mass is 10.1. The molecule has 2 N–H and O–H groups in total. The molecule has 0 saturated heterocycles. The van der Waals surface area contributed by atoms with Crippen LogP contribution in [0.2, 0.25) is 5.02 Å². The minimum atomic E-state index is -0.0595. The Kier molecular flexibility index (Phi) is 8.64. The number of carbonyl (C=O) groups is 1. The molecular weight excluding hydrogens is 327 g/mol. The Morgan fingerprint density at radius 1 is 1.29 bits per heavy atom. The molecule has 0 unspecified atom stereocenters. The summed E-state index contributed by atoms with van der Waals surface area (Å²) in [4.78, 5) is 12.6. The van der Waals surface area contributed by atoms with Crippen LogP contribution in [-0.4, -0.2) is 25.0 Å². The summed E-state index contributed by atoms with van der Waals surface area (Å²) in [6.07, 6.45) is 7.92. The molecule has 1 aromatic rings.